The molecule has 2 saturated carbocycles. The fourth-order valence-corrected chi connectivity index (χ4v) is 4.48. The largest absolute Gasteiger partial charge is 0.398 e. The molecule has 0 aromatic heterocycles. The molecule has 2 aliphatic carbocycles. The maximum absolute atomic E-state index is 6.08. The van der Waals surface area contributed by atoms with Crippen LogP contribution in [0, 0.1) is 11.8 Å². The smallest absolute Gasteiger partial charge is 0.0367 e. The van der Waals surface area contributed by atoms with Gasteiger partial charge in [-0.25, -0.2) is 0 Å². The van der Waals surface area contributed by atoms with Crippen molar-refractivity contribution in [3.63, 3.8) is 0 Å². The molecular formula is C20H30N2. The van der Waals surface area contributed by atoms with E-state index in [1.807, 2.05) is 18.2 Å². The first-order valence-corrected chi connectivity index (χ1v) is 9.08. The predicted molar refractivity (Wildman–Crippen MR) is 95.6 cm³/mol. The van der Waals surface area contributed by atoms with Crippen LogP contribution in [0.5, 0.6) is 0 Å². The third kappa shape index (κ3) is 3.48. The first-order chi connectivity index (χ1) is 10.8. The average molecular weight is 298 g/mol. The molecule has 1 aromatic rings. The minimum absolute atomic E-state index is 0.844. The molecule has 0 amide bonds. The van der Waals surface area contributed by atoms with Gasteiger partial charge in [0.25, 0.3) is 0 Å². The molecule has 0 spiro atoms. The van der Waals surface area contributed by atoms with Crippen LogP contribution in [0.1, 0.15) is 63.4 Å². The zero-order chi connectivity index (χ0) is 15.4. The summed E-state index contributed by atoms with van der Waals surface area (Å²) < 4.78 is 0. The lowest BCUT2D eigenvalue weighted by atomic mass is 9.84. The molecule has 0 aliphatic heterocycles. The third-order valence-corrected chi connectivity index (χ3v) is 5.68. The molecule has 0 saturated heterocycles. The van der Waals surface area contributed by atoms with Gasteiger partial charge in [0.05, 0.1) is 0 Å². The van der Waals surface area contributed by atoms with Crippen LogP contribution in [0.25, 0.3) is 0 Å². The summed E-state index contributed by atoms with van der Waals surface area (Å²) in [6.45, 7) is 0. The van der Waals surface area contributed by atoms with Gasteiger partial charge < -0.3 is 11.5 Å². The molecule has 2 aliphatic rings. The van der Waals surface area contributed by atoms with Gasteiger partial charge in [0.2, 0.25) is 0 Å². The normalized spacial score (nSPS) is 19.6. The lowest BCUT2D eigenvalue weighted by Gasteiger charge is -2.21. The van der Waals surface area contributed by atoms with Gasteiger partial charge in [0, 0.05) is 11.4 Å². The van der Waals surface area contributed by atoms with Crippen molar-refractivity contribution in [2.75, 3.05) is 11.5 Å². The molecular weight excluding hydrogens is 268 g/mol. The Labute approximate surface area is 135 Å². The molecule has 2 nitrogen and oxygen atoms in total. The first-order valence-electron chi connectivity index (χ1n) is 9.08. The lowest BCUT2D eigenvalue weighted by Crippen LogP contribution is -2.09. The summed E-state index contributed by atoms with van der Waals surface area (Å²) >= 11 is 0. The second-order valence-corrected chi connectivity index (χ2v) is 7.12. The van der Waals surface area contributed by atoms with Gasteiger partial charge in [0.15, 0.2) is 0 Å². The molecule has 0 unspecified atom stereocenters. The van der Waals surface area contributed by atoms with Crippen molar-refractivity contribution in [1.29, 1.82) is 0 Å². The van der Waals surface area contributed by atoms with E-state index < -0.39 is 0 Å². The zero-order valence-corrected chi connectivity index (χ0v) is 13.7. The van der Waals surface area contributed by atoms with Crippen LogP contribution in [0.4, 0.5) is 11.4 Å². The molecule has 4 N–H and O–H groups in total. The van der Waals surface area contributed by atoms with Crippen LogP contribution < -0.4 is 11.5 Å². The Kier molecular flexibility index (Phi) is 5.07. The van der Waals surface area contributed by atoms with Gasteiger partial charge in [-0.3, -0.25) is 0 Å². The number of hydrogen-bond acceptors (Lipinski definition) is 2. The van der Waals surface area contributed by atoms with Gasteiger partial charge in [-0.2, -0.15) is 0 Å². The van der Waals surface area contributed by atoms with Gasteiger partial charge in [0.1, 0.15) is 0 Å². The van der Waals surface area contributed by atoms with Crippen molar-refractivity contribution in [2.24, 2.45) is 11.8 Å². The van der Waals surface area contributed by atoms with E-state index in [1.165, 1.54) is 51.4 Å². The maximum atomic E-state index is 6.08. The number of anilines is 2. The van der Waals surface area contributed by atoms with Gasteiger partial charge in [-0.15, -0.1) is 0 Å². The quantitative estimate of drug-likeness (QED) is 0.587. The highest BCUT2D eigenvalue weighted by molar-refractivity contribution is 5.61. The summed E-state index contributed by atoms with van der Waals surface area (Å²) in [4.78, 5) is 0. The monoisotopic (exact) mass is 298 g/mol. The van der Waals surface area contributed by atoms with Crippen LogP contribution in [-0.4, -0.2) is 0 Å². The third-order valence-electron chi connectivity index (χ3n) is 5.68. The lowest BCUT2D eigenvalue weighted by molar-refractivity contribution is 0.510. The van der Waals surface area contributed by atoms with Crippen LogP contribution in [0.15, 0.2) is 29.8 Å². The number of rotatable bonds is 5. The molecule has 0 heterocycles. The van der Waals surface area contributed by atoms with E-state index in [4.69, 9.17) is 11.5 Å². The summed E-state index contributed by atoms with van der Waals surface area (Å²) in [6.07, 6.45) is 16.0. The molecule has 0 radical (unpaired) electrons. The Morgan fingerprint density at radius 1 is 0.909 bits per heavy atom. The Morgan fingerprint density at radius 3 is 1.91 bits per heavy atom. The average Bonchev–Trinajstić information content (AvgIpc) is 3.20. The summed E-state index contributed by atoms with van der Waals surface area (Å²) in [5.74, 6) is 1.74. The van der Waals surface area contributed by atoms with E-state index in [9.17, 15) is 0 Å². The predicted octanol–water partition coefficient (Wildman–Crippen LogP) is 5.09. The van der Waals surface area contributed by atoms with Crippen LogP contribution in [0.2, 0.25) is 0 Å². The summed E-state index contributed by atoms with van der Waals surface area (Å²) in [6, 6.07) is 5.86. The van der Waals surface area contributed by atoms with Crippen molar-refractivity contribution in [2.45, 2.75) is 64.2 Å². The Morgan fingerprint density at radius 2 is 1.41 bits per heavy atom. The van der Waals surface area contributed by atoms with Crippen molar-refractivity contribution in [3.8, 4) is 0 Å². The van der Waals surface area contributed by atoms with Gasteiger partial charge >= 0.3 is 0 Å². The molecule has 120 valence electrons. The number of hydrogen-bond donors (Lipinski definition) is 2. The summed E-state index contributed by atoms with van der Waals surface area (Å²) in [5, 5.41) is 0. The maximum Gasteiger partial charge on any atom is 0.0367 e. The molecule has 2 heteroatoms. The summed E-state index contributed by atoms with van der Waals surface area (Å²) in [7, 11) is 0. The fourth-order valence-electron chi connectivity index (χ4n) is 4.48. The van der Waals surface area contributed by atoms with Crippen molar-refractivity contribution >= 4 is 11.4 Å². The van der Waals surface area contributed by atoms with Crippen molar-refractivity contribution in [1.82, 2.24) is 0 Å². The van der Waals surface area contributed by atoms with E-state index in [0.717, 1.165) is 41.6 Å². The Balaban J connectivity index is 1.69. The Hall–Kier alpha value is -1.44. The Bertz CT molecular complexity index is 482. The fraction of sp³-hybridized carbons (Fsp3) is 0.600. The molecule has 2 fully saturated rings. The molecule has 0 atom stereocenters. The number of nitrogens with two attached hydrogens (primary N) is 2. The van der Waals surface area contributed by atoms with E-state index >= 15 is 0 Å². The second-order valence-electron chi connectivity index (χ2n) is 7.12. The molecule has 1 aromatic carbocycles. The highest BCUT2D eigenvalue weighted by Crippen LogP contribution is 2.41. The van der Waals surface area contributed by atoms with E-state index in [0.29, 0.717) is 0 Å². The molecule has 3 rings (SSSR count). The molecule has 22 heavy (non-hydrogen) atoms. The van der Waals surface area contributed by atoms with Crippen LogP contribution >= 0.6 is 0 Å². The minimum Gasteiger partial charge on any atom is -0.398 e. The first kappa shape index (κ1) is 15.5. The minimum atomic E-state index is 0.844. The number of benzene rings is 1. The topological polar surface area (TPSA) is 52.0 Å². The van der Waals surface area contributed by atoms with Gasteiger partial charge in [-0.1, -0.05) is 43.4 Å². The van der Waals surface area contributed by atoms with Crippen LogP contribution in [-0.2, 0) is 6.42 Å². The number of allylic oxidation sites excluding steroid dienone is 2. The highest BCUT2D eigenvalue weighted by Gasteiger charge is 2.27. The van der Waals surface area contributed by atoms with E-state index in [1.54, 1.807) is 5.57 Å². The zero-order valence-electron chi connectivity index (χ0n) is 13.7. The highest BCUT2D eigenvalue weighted by atomic mass is 14.6. The van der Waals surface area contributed by atoms with Gasteiger partial charge in [-0.05, 0) is 68.1 Å². The SMILES string of the molecule is Nc1cccc(N)c1CCC=C(C1CCCC1)C1CCCC1. The molecule has 0 bridgehead atoms. The van der Waals surface area contributed by atoms with Crippen LogP contribution in [0.3, 0.4) is 0 Å². The van der Waals surface area contributed by atoms with Crippen molar-refractivity contribution < 1.29 is 0 Å². The standard InChI is InChI=1S/C20H30N2/c21-19-13-6-14-20(22)18(19)12-5-11-17(15-7-1-2-8-15)16-9-3-4-10-16/h6,11,13-16H,1-5,7-10,12,21-22H2. The summed E-state index contributed by atoms with van der Waals surface area (Å²) in [5.41, 5.74) is 16.8. The van der Waals surface area contributed by atoms with E-state index in [2.05, 4.69) is 6.08 Å². The van der Waals surface area contributed by atoms with Crippen molar-refractivity contribution in [3.05, 3.63) is 35.4 Å². The van der Waals surface area contributed by atoms with E-state index in [-0.39, 0.29) is 0 Å². The number of nitrogen functional groups attached to an aromatic ring is 2. The second kappa shape index (κ2) is 7.21.